The van der Waals surface area contributed by atoms with Gasteiger partial charge >= 0.3 is 0 Å². The van der Waals surface area contributed by atoms with Gasteiger partial charge in [0.15, 0.2) is 0 Å². The summed E-state index contributed by atoms with van der Waals surface area (Å²) in [5.41, 5.74) is 3.01. The van der Waals surface area contributed by atoms with Crippen molar-refractivity contribution in [2.45, 2.75) is 63.6 Å². The van der Waals surface area contributed by atoms with Gasteiger partial charge in [0.2, 0.25) is 0 Å². The predicted octanol–water partition coefficient (Wildman–Crippen LogP) is 4.88. The van der Waals surface area contributed by atoms with Crippen molar-refractivity contribution in [1.82, 2.24) is 4.90 Å². The van der Waals surface area contributed by atoms with Gasteiger partial charge in [0, 0.05) is 18.6 Å². The molecule has 0 amide bonds. The molecule has 21 heavy (non-hydrogen) atoms. The maximum absolute atomic E-state index is 12.3. The number of hydrogen-bond donors (Lipinski definition) is 0. The van der Waals surface area contributed by atoms with Crippen molar-refractivity contribution in [2.75, 3.05) is 6.67 Å². The molecule has 2 aliphatic rings. The Kier molecular flexibility index (Phi) is 5.08. The molecule has 1 nitrogen and oxygen atoms in total. The minimum Gasteiger partial charge on any atom is -0.289 e. The Morgan fingerprint density at radius 1 is 1.10 bits per heavy atom. The van der Waals surface area contributed by atoms with Crippen LogP contribution in [0.4, 0.5) is 4.39 Å². The molecular formula is C19H26FN. The summed E-state index contributed by atoms with van der Waals surface area (Å²) in [4.78, 5) is 2.69. The van der Waals surface area contributed by atoms with E-state index in [1.54, 1.807) is 5.57 Å². The van der Waals surface area contributed by atoms with Crippen molar-refractivity contribution in [3.05, 3.63) is 47.5 Å². The molecular weight excluding hydrogens is 261 g/mol. The number of piperidine rings is 1. The van der Waals surface area contributed by atoms with E-state index in [0.717, 1.165) is 25.8 Å². The van der Waals surface area contributed by atoms with E-state index in [9.17, 15) is 4.39 Å². The van der Waals surface area contributed by atoms with Gasteiger partial charge in [0.25, 0.3) is 0 Å². The van der Waals surface area contributed by atoms with Crippen LogP contribution in [0.3, 0.4) is 0 Å². The van der Waals surface area contributed by atoms with Gasteiger partial charge < -0.3 is 0 Å². The van der Waals surface area contributed by atoms with E-state index in [0.29, 0.717) is 12.1 Å². The number of benzene rings is 1. The summed E-state index contributed by atoms with van der Waals surface area (Å²) in [5.74, 6) is 0. The van der Waals surface area contributed by atoms with Crippen LogP contribution in [0.1, 0.15) is 50.5 Å². The van der Waals surface area contributed by atoms with E-state index in [1.165, 1.54) is 31.2 Å². The smallest absolute Gasteiger partial charge is 0.0894 e. The van der Waals surface area contributed by atoms with E-state index in [4.69, 9.17) is 0 Å². The summed E-state index contributed by atoms with van der Waals surface area (Å²) in [6, 6.07) is 12.1. The summed E-state index contributed by atoms with van der Waals surface area (Å²) in [6.07, 6.45) is 10.5. The monoisotopic (exact) mass is 287 g/mol. The molecule has 0 aromatic heterocycles. The summed E-state index contributed by atoms with van der Waals surface area (Å²) >= 11 is 0. The molecule has 1 saturated heterocycles. The third kappa shape index (κ3) is 3.74. The summed E-state index contributed by atoms with van der Waals surface area (Å²) < 4.78 is 12.3. The average molecular weight is 287 g/mol. The quantitative estimate of drug-likeness (QED) is 0.532. The highest BCUT2D eigenvalue weighted by Gasteiger charge is 2.33. The third-order valence-electron chi connectivity index (χ3n) is 4.95. The first-order chi connectivity index (χ1) is 10.4. The van der Waals surface area contributed by atoms with E-state index < -0.39 is 0 Å². The van der Waals surface area contributed by atoms with Gasteiger partial charge in [-0.1, -0.05) is 48.4 Å². The van der Waals surface area contributed by atoms with Gasteiger partial charge in [0.1, 0.15) is 0 Å². The molecule has 114 valence electrons. The molecule has 0 aliphatic carbocycles. The molecule has 1 aromatic carbocycles. The molecule has 3 rings (SSSR count). The lowest BCUT2D eigenvalue weighted by Crippen LogP contribution is -2.47. The van der Waals surface area contributed by atoms with Gasteiger partial charge in [0.05, 0.1) is 6.67 Å². The van der Waals surface area contributed by atoms with Gasteiger partial charge in [-0.05, 0) is 44.1 Å². The molecule has 2 heterocycles. The van der Waals surface area contributed by atoms with Crippen LogP contribution in [-0.4, -0.2) is 23.7 Å². The van der Waals surface area contributed by atoms with Crippen molar-refractivity contribution >= 4 is 0 Å². The van der Waals surface area contributed by atoms with Crippen LogP contribution >= 0.6 is 0 Å². The first kappa shape index (κ1) is 14.8. The molecule has 0 N–H and O–H groups in total. The molecule has 2 aliphatic heterocycles. The van der Waals surface area contributed by atoms with Crippen molar-refractivity contribution in [2.24, 2.45) is 0 Å². The largest absolute Gasteiger partial charge is 0.289 e. The van der Waals surface area contributed by atoms with Crippen LogP contribution in [0.15, 0.2) is 42.0 Å². The predicted molar refractivity (Wildman–Crippen MR) is 85.9 cm³/mol. The van der Waals surface area contributed by atoms with Gasteiger partial charge in [-0.2, -0.15) is 0 Å². The molecule has 1 aromatic rings. The Hall–Kier alpha value is -1.15. The van der Waals surface area contributed by atoms with Crippen LogP contribution in [0.25, 0.3) is 0 Å². The highest BCUT2D eigenvalue weighted by Crippen LogP contribution is 2.35. The Labute approximate surface area is 127 Å². The molecule has 2 heteroatoms. The van der Waals surface area contributed by atoms with Crippen molar-refractivity contribution in [1.29, 1.82) is 0 Å². The minimum absolute atomic E-state index is 0.166. The number of nitrogens with zero attached hydrogens (tertiary/aromatic N) is 1. The van der Waals surface area contributed by atoms with Crippen molar-refractivity contribution in [3.63, 3.8) is 0 Å². The van der Waals surface area contributed by atoms with Gasteiger partial charge in [-0.15, -0.1) is 0 Å². The number of halogens is 1. The van der Waals surface area contributed by atoms with Crippen LogP contribution in [0.2, 0.25) is 0 Å². The Morgan fingerprint density at radius 3 is 2.71 bits per heavy atom. The molecule has 2 atom stereocenters. The second kappa shape index (κ2) is 7.22. The molecule has 1 fully saturated rings. The van der Waals surface area contributed by atoms with Crippen LogP contribution in [0, 0.1) is 0 Å². The van der Waals surface area contributed by atoms with Crippen LogP contribution in [0.5, 0.6) is 0 Å². The lowest BCUT2D eigenvalue weighted by Gasteiger charge is -2.45. The SMILES string of the molecule is FCCCCC1=CC2CCCC(C1)N2Cc1ccccc1. The maximum Gasteiger partial charge on any atom is 0.0894 e. The first-order valence-electron chi connectivity index (χ1n) is 8.42. The van der Waals surface area contributed by atoms with Gasteiger partial charge in [-0.25, -0.2) is 0 Å². The Morgan fingerprint density at radius 2 is 1.95 bits per heavy atom. The third-order valence-corrected chi connectivity index (χ3v) is 4.95. The standard InChI is InChI=1S/C19H26FN/c20-12-5-4-9-17-13-18-10-6-11-19(14-17)21(18)15-16-7-2-1-3-8-16/h1-3,7-8,13,18-19H,4-6,9-12,14-15H2. The number of fused-ring (bicyclic) bond motifs is 2. The summed E-state index contributed by atoms with van der Waals surface area (Å²) in [6.45, 7) is 0.907. The highest BCUT2D eigenvalue weighted by molar-refractivity contribution is 5.20. The van der Waals surface area contributed by atoms with Crippen LogP contribution in [-0.2, 0) is 6.54 Å². The second-order valence-electron chi connectivity index (χ2n) is 6.49. The maximum atomic E-state index is 12.3. The minimum atomic E-state index is -0.166. The highest BCUT2D eigenvalue weighted by atomic mass is 19.1. The summed E-state index contributed by atoms with van der Waals surface area (Å²) in [5, 5.41) is 0. The van der Waals surface area contributed by atoms with E-state index >= 15 is 0 Å². The molecule has 2 bridgehead atoms. The van der Waals surface area contributed by atoms with Gasteiger partial charge in [-0.3, -0.25) is 9.29 Å². The molecule has 0 radical (unpaired) electrons. The summed E-state index contributed by atoms with van der Waals surface area (Å²) in [7, 11) is 0. The topological polar surface area (TPSA) is 3.24 Å². The Bertz CT molecular complexity index is 468. The zero-order valence-corrected chi connectivity index (χ0v) is 12.8. The number of rotatable bonds is 6. The van der Waals surface area contributed by atoms with Crippen molar-refractivity contribution < 1.29 is 4.39 Å². The van der Waals surface area contributed by atoms with E-state index in [-0.39, 0.29) is 6.67 Å². The van der Waals surface area contributed by atoms with Crippen LogP contribution < -0.4 is 0 Å². The normalized spacial score (nSPS) is 25.7. The second-order valence-corrected chi connectivity index (χ2v) is 6.49. The van der Waals surface area contributed by atoms with E-state index in [1.807, 2.05) is 0 Å². The Balaban J connectivity index is 1.66. The zero-order valence-electron chi connectivity index (χ0n) is 12.8. The van der Waals surface area contributed by atoms with E-state index in [2.05, 4.69) is 41.3 Å². The fourth-order valence-electron chi connectivity index (χ4n) is 3.88. The van der Waals surface area contributed by atoms with Crippen molar-refractivity contribution in [3.8, 4) is 0 Å². The number of unbranched alkanes of at least 4 members (excludes halogenated alkanes) is 1. The molecule has 0 saturated carbocycles. The molecule has 2 unspecified atom stereocenters. The fourth-order valence-corrected chi connectivity index (χ4v) is 3.88. The number of alkyl halides is 1. The molecule has 0 spiro atoms. The lowest BCUT2D eigenvalue weighted by molar-refractivity contribution is 0.0875. The fraction of sp³-hybridized carbons (Fsp3) is 0.579. The number of hydrogen-bond acceptors (Lipinski definition) is 1. The lowest BCUT2D eigenvalue weighted by atomic mass is 9.83. The first-order valence-corrected chi connectivity index (χ1v) is 8.42. The average Bonchev–Trinajstić information content (AvgIpc) is 2.49. The zero-order chi connectivity index (χ0) is 14.5.